The number of amides is 2. The molecule has 0 bridgehead atoms. The van der Waals surface area contributed by atoms with Gasteiger partial charge in [0.15, 0.2) is 0 Å². The number of carbonyl (C=O) groups excluding carboxylic acids is 2. The molecule has 2 fully saturated rings. The number of likely N-dealkylation sites (tertiary alicyclic amines) is 1. The first kappa shape index (κ1) is 22.4. The van der Waals surface area contributed by atoms with E-state index in [1.807, 2.05) is 27.0 Å². The lowest BCUT2D eigenvalue weighted by atomic mass is 9.96. The highest BCUT2D eigenvalue weighted by Crippen LogP contribution is 2.21. The van der Waals surface area contributed by atoms with Crippen LogP contribution in [0.1, 0.15) is 64.9 Å². The van der Waals surface area contributed by atoms with E-state index in [1.165, 1.54) is 25.7 Å². The number of nitrogens with one attached hydrogen (secondary N) is 1. The van der Waals surface area contributed by atoms with Crippen molar-refractivity contribution in [3.63, 3.8) is 0 Å². The molecule has 0 unspecified atom stereocenters. The molecule has 30 heavy (non-hydrogen) atoms. The fourth-order valence-electron chi connectivity index (χ4n) is 3.99. The molecule has 0 spiro atoms. The molecule has 2 amide bonds. The summed E-state index contributed by atoms with van der Waals surface area (Å²) in [5, 5.41) is 3.03. The van der Waals surface area contributed by atoms with Crippen LogP contribution in [0.5, 0.6) is 0 Å². The Hall–Kier alpha value is -2.31. The molecule has 3 heterocycles. The SMILES string of the molecule is CC(C)(C)OC(=O)N1CCC(C(=O)NCc2ccc(N3CCCCCC3)nc2)CC1. The van der Waals surface area contributed by atoms with Crippen molar-refractivity contribution in [2.24, 2.45) is 5.92 Å². The highest BCUT2D eigenvalue weighted by Gasteiger charge is 2.29. The first-order chi connectivity index (χ1) is 14.3. The Labute approximate surface area is 180 Å². The molecule has 0 radical (unpaired) electrons. The monoisotopic (exact) mass is 416 g/mol. The van der Waals surface area contributed by atoms with Crippen LogP contribution in [0.15, 0.2) is 18.3 Å². The van der Waals surface area contributed by atoms with Gasteiger partial charge in [-0.1, -0.05) is 18.9 Å². The van der Waals surface area contributed by atoms with Crippen LogP contribution in [0.25, 0.3) is 0 Å². The van der Waals surface area contributed by atoms with Crippen LogP contribution in [0.4, 0.5) is 10.6 Å². The average molecular weight is 417 g/mol. The molecule has 1 aromatic heterocycles. The lowest BCUT2D eigenvalue weighted by Gasteiger charge is -2.32. The normalized spacial score (nSPS) is 18.6. The van der Waals surface area contributed by atoms with Crippen LogP contribution in [-0.2, 0) is 16.1 Å². The second kappa shape index (κ2) is 10.1. The smallest absolute Gasteiger partial charge is 0.410 e. The van der Waals surface area contributed by atoms with E-state index in [1.54, 1.807) is 4.90 Å². The zero-order valence-electron chi connectivity index (χ0n) is 18.7. The summed E-state index contributed by atoms with van der Waals surface area (Å²) in [6.07, 6.45) is 7.96. The predicted molar refractivity (Wildman–Crippen MR) is 117 cm³/mol. The maximum atomic E-state index is 12.6. The van der Waals surface area contributed by atoms with Crippen molar-refractivity contribution in [2.45, 2.75) is 71.4 Å². The van der Waals surface area contributed by atoms with Crippen LogP contribution in [-0.4, -0.2) is 53.7 Å². The van der Waals surface area contributed by atoms with Crippen LogP contribution in [0.3, 0.4) is 0 Å². The van der Waals surface area contributed by atoms with E-state index in [-0.39, 0.29) is 17.9 Å². The second-order valence-corrected chi connectivity index (χ2v) is 9.39. The minimum absolute atomic E-state index is 0.0513. The van der Waals surface area contributed by atoms with Gasteiger partial charge < -0.3 is 19.9 Å². The lowest BCUT2D eigenvalue weighted by molar-refractivity contribution is -0.126. The number of piperidine rings is 1. The van der Waals surface area contributed by atoms with Crippen LogP contribution in [0.2, 0.25) is 0 Å². The number of pyridine rings is 1. The first-order valence-electron chi connectivity index (χ1n) is 11.3. The standard InChI is InChI=1S/C23H36N4O3/c1-23(2,3)30-22(29)27-14-10-19(11-15-27)21(28)25-17-18-8-9-20(24-16-18)26-12-6-4-5-7-13-26/h8-9,16,19H,4-7,10-15,17H2,1-3H3,(H,25,28). The van der Waals surface area contributed by atoms with Crippen molar-refractivity contribution in [3.05, 3.63) is 23.9 Å². The van der Waals surface area contributed by atoms with Gasteiger partial charge in [0.05, 0.1) is 0 Å². The second-order valence-electron chi connectivity index (χ2n) is 9.39. The van der Waals surface area contributed by atoms with Gasteiger partial charge in [-0.2, -0.15) is 0 Å². The number of rotatable bonds is 4. The molecule has 0 aliphatic carbocycles. The Morgan fingerprint density at radius 2 is 1.73 bits per heavy atom. The predicted octanol–water partition coefficient (Wildman–Crippen LogP) is 3.73. The van der Waals surface area contributed by atoms with Crippen LogP contribution in [0, 0.1) is 5.92 Å². The van der Waals surface area contributed by atoms with Gasteiger partial charge in [-0.15, -0.1) is 0 Å². The number of carbonyl (C=O) groups is 2. The third-order valence-electron chi connectivity index (χ3n) is 5.72. The van der Waals surface area contributed by atoms with Gasteiger partial charge in [-0.05, 0) is 58.1 Å². The number of nitrogens with zero attached hydrogens (tertiary/aromatic N) is 3. The molecule has 2 aliphatic rings. The molecule has 0 atom stereocenters. The summed E-state index contributed by atoms with van der Waals surface area (Å²) >= 11 is 0. The summed E-state index contributed by atoms with van der Waals surface area (Å²) in [5.74, 6) is 1.02. The maximum absolute atomic E-state index is 12.6. The third kappa shape index (κ3) is 6.61. The van der Waals surface area contributed by atoms with Gasteiger partial charge >= 0.3 is 6.09 Å². The Balaban J connectivity index is 1.42. The molecule has 2 saturated heterocycles. The Kier molecular flexibility index (Phi) is 7.56. The molecule has 7 heteroatoms. The van der Waals surface area contributed by atoms with Gasteiger partial charge in [0.1, 0.15) is 11.4 Å². The minimum atomic E-state index is -0.498. The Morgan fingerprint density at radius 3 is 2.30 bits per heavy atom. The van der Waals surface area contributed by atoms with Crippen molar-refractivity contribution in [3.8, 4) is 0 Å². The molecule has 3 rings (SSSR count). The Morgan fingerprint density at radius 1 is 1.07 bits per heavy atom. The number of ether oxygens (including phenoxy) is 1. The van der Waals surface area contributed by atoms with E-state index in [0.717, 1.165) is 24.5 Å². The maximum Gasteiger partial charge on any atom is 0.410 e. The van der Waals surface area contributed by atoms with E-state index in [2.05, 4.69) is 27.3 Å². The summed E-state index contributed by atoms with van der Waals surface area (Å²) in [5.41, 5.74) is 0.510. The third-order valence-corrected chi connectivity index (χ3v) is 5.72. The van der Waals surface area contributed by atoms with Gasteiger partial charge in [0.2, 0.25) is 5.91 Å². The van der Waals surface area contributed by atoms with Gasteiger partial charge in [-0.3, -0.25) is 4.79 Å². The van der Waals surface area contributed by atoms with Crippen molar-refractivity contribution in [2.75, 3.05) is 31.1 Å². The number of aromatic nitrogens is 1. The Bertz CT molecular complexity index is 698. The molecule has 7 nitrogen and oxygen atoms in total. The van der Waals surface area contributed by atoms with E-state index < -0.39 is 5.60 Å². The molecule has 166 valence electrons. The van der Waals surface area contributed by atoms with E-state index in [9.17, 15) is 9.59 Å². The molecule has 0 saturated carbocycles. The number of hydrogen-bond acceptors (Lipinski definition) is 5. The summed E-state index contributed by atoms with van der Waals surface area (Å²) in [6.45, 7) is 9.33. The highest BCUT2D eigenvalue weighted by atomic mass is 16.6. The van der Waals surface area contributed by atoms with Crippen molar-refractivity contribution in [1.82, 2.24) is 15.2 Å². The van der Waals surface area contributed by atoms with Gasteiger partial charge in [0, 0.05) is 44.8 Å². The molecule has 1 aromatic rings. The summed E-state index contributed by atoms with van der Waals surface area (Å²) in [6, 6.07) is 4.12. The van der Waals surface area contributed by atoms with Crippen molar-refractivity contribution < 1.29 is 14.3 Å². The highest BCUT2D eigenvalue weighted by molar-refractivity contribution is 5.79. The summed E-state index contributed by atoms with van der Waals surface area (Å²) in [7, 11) is 0. The zero-order valence-corrected chi connectivity index (χ0v) is 18.7. The topological polar surface area (TPSA) is 74.8 Å². The molecular weight excluding hydrogens is 380 g/mol. The van der Waals surface area contributed by atoms with Gasteiger partial charge in [0.25, 0.3) is 0 Å². The minimum Gasteiger partial charge on any atom is -0.444 e. The van der Waals surface area contributed by atoms with Gasteiger partial charge in [-0.25, -0.2) is 9.78 Å². The van der Waals surface area contributed by atoms with Crippen molar-refractivity contribution in [1.29, 1.82) is 0 Å². The zero-order chi connectivity index (χ0) is 21.6. The molecule has 1 N–H and O–H groups in total. The lowest BCUT2D eigenvalue weighted by Crippen LogP contribution is -2.44. The van der Waals surface area contributed by atoms with Crippen LogP contribution < -0.4 is 10.2 Å². The first-order valence-corrected chi connectivity index (χ1v) is 11.3. The van der Waals surface area contributed by atoms with Crippen molar-refractivity contribution >= 4 is 17.8 Å². The van der Waals surface area contributed by atoms with Crippen LogP contribution >= 0.6 is 0 Å². The molecule has 0 aromatic carbocycles. The molecule has 2 aliphatic heterocycles. The van der Waals surface area contributed by atoms with E-state index in [4.69, 9.17) is 4.74 Å². The average Bonchev–Trinajstić information content (AvgIpc) is 3.01. The fraction of sp³-hybridized carbons (Fsp3) is 0.696. The largest absolute Gasteiger partial charge is 0.444 e. The van der Waals surface area contributed by atoms with E-state index >= 15 is 0 Å². The number of hydrogen-bond donors (Lipinski definition) is 1. The quantitative estimate of drug-likeness (QED) is 0.810. The molecular formula is C23H36N4O3. The summed E-state index contributed by atoms with van der Waals surface area (Å²) < 4.78 is 5.41. The number of anilines is 1. The van der Waals surface area contributed by atoms with E-state index in [0.29, 0.717) is 32.5 Å². The fourth-order valence-corrected chi connectivity index (χ4v) is 3.99. The summed E-state index contributed by atoms with van der Waals surface area (Å²) in [4.78, 5) is 33.4.